The number of rotatable bonds is 4. The van der Waals surface area contributed by atoms with E-state index in [9.17, 15) is 4.79 Å². The summed E-state index contributed by atoms with van der Waals surface area (Å²) < 4.78 is 5.10. The number of halogens is 1. The van der Waals surface area contributed by atoms with E-state index < -0.39 is 0 Å². The smallest absolute Gasteiger partial charge is 0.257 e. The number of ether oxygens (including phenoxy) is 1. The fraction of sp³-hybridized carbons (Fsp3) is 0.333. The van der Waals surface area contributed by atoms with Gasteiger partial charge in [0, 0.05) is 18.6 Å². The minimum atomic E-state index is -0.209. The van der Waals surface area contributed by atoms with Crippen LogP contribution in [-0.2, 0) is 0 Å². The molecule has 0 atom stereocenters. The van der Waals surface area contributed by atoms with Gasteiger partial charge in [-0.2, -0.15) is 5.26 Å². The van der Waals surface area contributed by atoms with Gasteiger partial charge >= 0.3 is 0 Å². The van der Waals surface area contributed by atoms with Crippen molar-refractivity contribution in [1.82, 2.24) is 4.90 Å². The average Bonchev–Trinajstić information content (AvgIpc) is 2.34. The van der Waals surface area contributed by atoms with Crippen LogP contribution in [0.25, 0.3) is 0 Å². The van der Waals surface area contributed by atoms with Crippen molar-refractivity contribution >= 4 is 17.5 Å². The molecular formula is C12H13ClN2O2. The van der Waals surface area contributed by atoms with Crippen LogP contribution in [0.5, 0.6) is 5.75 Å². The summed E-state index contributed by atoms with van der Waals surface area (Å²) in [6, 6.07) is 6.86. The van der Waals surface area contributed by atoms with E-state index in [0.29, 0.717) is 29.3 Å². The quantitative estimate of drug-likeness (QED) is 0.826. The average molecular weight is 253 g/mol. The second-order valence-corrected chi connectivity index (χ2v) is 3.92. The third-order valence-corrected chi connectivity index (χ3v) is 2.53. The van der Waals surface area contributed by atoms with Crippen molar-refractivity contribution in [1.29, 1.82) is 5.26 Å². The molecule has 0 spiro atoms. The fourth-order valence-electron chi connectivity index (χ4n) is 1.37. The van der Waals surface area contributed by atoms with Gasteiger partial charge in [-0.15, -0.1) is 0 Å². The van der Waals surface area contributed by atoms with Gasteiger partial charge in [0.05, 0.1) is 25.2 Å². The molecule has 1 aromatic rings. The van der Waals surface area contributed by atoms with Gasteiger partial charge in [0.2, 0.25) is 0 Å². The van der Waals surface area contributed by atoms with Crippen LogP contribution in [-0.4, -0.2) is 31.5 Å². The summed E-state index contributed by atoms with van der Waals surface area (Å²) in [5, 5.41) is 8.95. The Morgan fingerprint density at radius 2 is 2.29 bits per heavy atom. The Morgan fingerprint density at radius 3 is 2.88 bits per heavy atom. The number of amides is 1. The molecule has 1 aromatic carbocycles. The monoisotopic (exact) mass is 252 g/mol. The molecule has 0 fully saturated rings. The molecule has 0 radical (unpaired) electrons. The number of hydrogen-bond acceptors (Lipinski definition) is 3. The molecule has 4 nitrogen and oxygen atoms in total. The Balaban J connectivity index is 2.95. The molecular weight excluding hydrogens is 240 g/mol. The summed E-state index contributed by atoms with van der Waals surface area (Å²) in [4.78, 5) is 13.5. The number of carbonyl (C=O) groups excluding carboxylic acids is 1. The lowest BCUT2D eigenvalue weighted by molar-refractivity contribution is 0.0794. The van der Waals surface area contributed by atoms with Crippen LogP contribution in [0, 0.1) is 11.3 Å². The van der Waals surface area contributed by atoms with Crippen LogP contribution < -0.4 is 4.74 Å². The summed E-state index contributed by atoms with van der Waals surface area (Å²) in [6.45, 7) is 0.380. The van der Waals surface area contributed by atoms with Gasteiger partial charge in [-0.3, -0.25) is 4.79 Å². The first-order chi connectivity index (χ1) is 8.10. The summed E-state index contributed by atoms with van der Waals surface area (Å²) in [5.74, 6) is 0.266. The Bertz CT molecular complexity index is 454. The molecule has 90 valence electrons. The van der Waals surface area contributed by atoms with Gasteiger partial charge in [-0.1, -0.05) is 11.6 Å². The zero-order valence-corrected chi connectivity index (χ0v) is 10.5. The lowest BCUT2D eigenvalue weighted by atomic mass is 10.1. The van der Waals surface area contributed by atoms with E-state index in [1.165, 1.54) is 12.0 Å². The molecule has 0 aliphatic carbocycles. The number of nitriles is 1. The molecule has 0 saturated carbocycles. The van der Waals surface area contributed by atoms with Gasteiger partial charge in [0.15, 0.2) is 0 Å². The Labute approximate surface area is 105 Å². The third kappa shape index (κ3) is 3.36. The second-order valence-electron chi connectivity index (χ2n) is 3.48. The molecule has 1 rings (SSSR count). The molecule has 0 aromatic heterocycles. The molecule has 0 heterocycles. The normalized spacial score (nSPS) is 9.53. The van der Waals surface area contributed by atoms with Crippen molar-refractivity contribution < 1.29 is 9.53 Å². The minimum absolute atomic E-state index is 0.209. The van der Waals surface area contributed by atoms with Gasteiger partial charge in [-0.25, -0.2) is 0 Å². The van der Waals surface area contributed by atoms with Crippen molar-refractivity contribution in [3.05, 3.63) is 28.8 Å². The van der Waals surface area contributed by atoms with Crippen molar-refractivity contribution in [2.24, 2.45) is 0 Å². The highest BCUT2D eigenvalue weighted by molar-refractivity contribution is 6.31. The van der Waals surface area contributed by atoms with E-state index in [-0.39, 0.29) is 5.91 Å². The lowest BCUT2D eigenvalue weighted by Crippen LogP contribution is -2.27. The van der Waals surface area contributed by atoms with Crippen molar-refractivity contribution in [3.8, 4) is 11.8 Å². The molecule has 0 unspecified atom stereocenters. The maximum Gasteiger partial charge on any atom is 0.257 e. The van der Waals surface area contributed by atoms with E-state index in [2.05, 4.69) is 0 Å². The summed E-state index contributed by atoms with van der Waals surface area (Å²) in [7, 11) is 3.13. The van der Waals surface area contributed by atoms with Crippen molar-refractivity contribution in [2.45, 2.75) is 6.42 Å². The van der Waals surface area contributed by atoms with Gasteiger partial charge in [0.1, 0.15) is 5.75 Å². The number of hydrogen-bond donors (Lipinski definition) is 0. The largest absolute Gasteiger partial charge is 0.496 e. The molecule has 0 saturated heterocycles. The van der Waals surface area contributed by atoms with Crippen LogP contribution in [0.4, 0.5) is 0 Å². The molecule has 0 bridgehead atoms. The maximum absolute atomic E-state index is 12.1. The maximum atomic E-state index is 12.1. The first kappa shape index (κ1) is 13.3. The summed E-state index contributed by atoms with van der Waals surface area (Å²) in [6.07, 6.45) is 0.297. The molecule has 0 N–H and O–H groups in total. The molecule has 1 amide bonds. The first-order valence-corrected chi connectivity index (χ1v) is 5.44. The van der Waals surface area contributed by atoms with E-state index in [1.54, 1.807) is 25.2 Å². The van der Waals surface area contributed by atoms with E-state index in [0.717, 1.165) is 0 Å². The highest BCUT2D eigenvalue weighted by Crippen LogP contribution is 2.23. The standard InChI is InChI=1S/C12H13ClN2O2/c1-15(7-3-6-14)12(16)10-8-9(13)4-5-11(10)17-2/h4-5,8H,3,7H2,1-2H3. The zero-order chi connectivity index (χ0) is 12.8. The summed E-state index contributed by atoms with van der Waals surface area (Å²) >= 11 is 5.85. The molecule has 0 aliphatic rings. The zero-order valence-electron chi connectivity index (χ0n) is 9.74. The number of benzene rings is 1. The Hall–Kier alpha value is -1.73. The molecule has 0 aliphatic heterocycles. The van der Waals surface area contributed by atoms with Gasteiger partial charge in [0.25, 0.3) is 5.91 Å². The van der Waals surface area contributed by atoms with Crippen molar-refractivity contribution in [3.63, 3.8) is 0 Å². The van der Waals surface area contributed by atoms with Crippen LogP contribution in [0.1, 0.15) is 16.8 Å². The molecule has 17 heavy (non-hydrogen) atoms. The SMILES string of the molecule is COc1ccc(Cl)cc1C(=O)N(C)CCC#N. The third-order valence-electron chi connectivity index (χ3n) is 2.30. The van der Waals surface area contributed by atoms with E-state index >= 15 is 0 Å². The first-order valence-electron chi connectivity index (χ1n) is 5.06. The van der Waals surface area contributed by atoms with Crippen LogP contribution >= 0.6 is 11.6 Å². The highest BCUT2D eigenvalue weighted by Gasteiger charge is 2.16. The summed E-state index contributed by atoms with van der Waals surface area (Å²) in [5.41, 5.74) is 0.403. The second kappa shape index (κ2) is 6.12. The number of carbonyl (C=O) groups is 1. The minimum Gasteiger partial charge on any atom is -0.496 e. The molecule has 5 heteroatoms. The fourth-order valence-corrected chi connectivity index (χ4v) is 1.54. The Morgan fingerprint density at radius 1 is 1.59 bits per heavy atom. The predicted molar refractivity (Wildman–Crippen MR) is 65.2 cm³/mol. The highest BCUT2D eigenvalue weighted by atomic mass is 35.5. The van der Waals surface area contributed by atoms with Gasteiger partial charge < -0.3 is 9.64 Å². The van der Waals surface area contributed by atoms with Crippen LogP contribution in [0.15, 0.2) is 18.2 Å². The van der Waals surface area contributed by atoms with E-state index in [1.807, 2.05) is 6.07 Å². The number of methoxy groups -OCH3 is 1. The van der Waals surface area contributed by atoms with Gasteiger partial charge in [-0.05, 0) is 18.2 Å². The number of nitrogens with zero attached hydrogens (tertiary/aromatic N) is 2. The Kier molecular flexibility index (Phi) is 4.80. The lowest BCUT2D eigenvalue weighted by Gasteiger charge is -2.17. The van der Waals surface area contributed by atoms with Crippen LogP contribution in [0.2, 0.25) is 5.02 Å². The topological polar surface area (TPSA) is 53.3 Å². The predicted octanol–water partition coefficient (Wildman–Crippen LogP) is 2.33. The van der Waals surface area contributed by atoms with Crippen LogP contribution in [0.3, 0.4) is 0 Å². The van der Waals surface area contributed by atoms with E-state index in [4.69, 9.17) is 21.6 Å². The van der Waals surface area contributed by atoms with Crippen molar-refractivity contribution in [2.75, 3.05) is 20.7 Å².